The van der Waals surface area contributed by atoms with Gasteiger partial charge in [-0.2, -0.15) is 0 Å². The van der Waals surface area contributed by atoms with Crippen molar-refractivity contribution >= 4 is 5.69 Å². The van der Waals surface area contributed by atoms with E-state index in [4.69, 9.17) is 10.5 Å². The number of methoxy groups -OCH3 is 1. The van der Waals surface area contributed by atoms with Crippen molar-refractivity contribution in [2.24, 2.45) is 0 Å². The second-order valence-electron chi connectivity index (χ2n) is 4.48. The minimum Gasteiger partial charge on any atom is -0.495 e. The molecule has 21 heavy (non-hydrogen) atoms. The van der Waals surface area contributed by atoms with Crippen LogP contribution in [0.3, 0.4) is 0 Å². The van der Waals surface area contributed by atoms with Crippen LogP contribution in [-0.2, 0) is 0 Å². The predicted molar refractivity (Wildman–Crippen MR) is 74.3 cm³/mol. The smallest absolute Gasteiger partial charge is 0.495 e. The van der Waals surface area contributed by atoms with Gasteiger partial charge in [-0.05, 0) is 47.9 Å². The number of aryl methyl sites for hydroxylation is 1. The van der Waals surface area contributed by atoms with E-state index in [1.54, 1.807) is 24.3 Å². The van der Waals surface area contributed by atoms with Crippen molar-refractivity contribution < 1.29 is 22.6 Å². The molecule has 0 aromatic heterocycles. The number of halogens is 3. The highest BCUT2D eigenvalue weighted by Gasteiger charge is 2.30. The number of anilines is 1. The summed E-state index contributed by atoms with van der Waals surface area (Å²) in [7, 11) is 1.51. The van der Waals surface area contributed by atoms with E-state index in [2.05, 4.69) is 4.74 Å². The Morgan fingerprint density at radius 2 is 1.67 bits per heavy atom. The van der Waals surface area contributed by atoms with Gasteiger partial charge in [0.1, 0.15) is 11.5 Å². The van der Waals surface area contributed by atoms with Crippen molar-refractivity contribution in [1.29, 1.82) is 0 Å². The molecule has 0 aliphatic heterocycles. The summed E-state index contributed by atoms with van der Waals surface area (Å²) in [5.74, 6) is 0.262. The Morgan fingerprint density at radius 1 is 1.05 bits per heavy atom. The number of hydrogen-bond donors (Lipinski definition) is 1. The van der Waals surface area contributed by atoms with Crippen molar-refractivity contribution in [3.8, 4) is 22.6 Å². The van der Waals surface area contributed by atoms with E-state index in [-0.39, 0.29) is 5.75 Å². The lowest BCUT2D eigenvalue weighted by Crippen LogP contribution is -2.16. The molecule has 0 saturated carbocycles. The molecule has 2 N–H and O–H groups in total. The zero-order valence-electron chi connectivity index (χ0n) is 11.5. The molecule has 0 unspecified atom stereocenters. The molecular formula is C15H14F3NO2. The number of hydrogen-bond acceptors (Lipinski definition) is 3. The maximum absolute atomic E-state index is 12.1. The van der Waals surface area contributed by atoms with Crippen molar-refractivity contribution in [2.75, 3.05) is 12.8 Å². The van der Waals surface area contributed by atoms with Crippen molar-refractivity contribution in [3.63, 3.8) is 0 Å². The number of rotatable bonds is 3. The van der Waals surface area contributed by atoms with Crippen LogP contribution in [0.25, 0.3) is 11.1 Å². The van der Waals surface area contributed by atoms with Gasteiger partial charge in [0.2, 0.25) is 0 Å². The van der Waals surface area contributed by atoms with Crippen LogP contribution in [0.4, 0.5) is 18.9 Å². The lowest BCUT2D eigenvalue weighted by atomic mass is 9.99. The van der Waals surface area contributed by atoms with E-state index in [9.17, 15) is 13.2 Å². The second kappa shape index (κ2) is 5.55. The van der Waals surface area contributed by atoms with Crippen LogP contribution in [0.5, 0.6) is 11.5 Å². The van der Waals surface area contributed by atoms with E-state index in [0.29, 0.717) is 11.4 Å². The number of nitrogen functional groups attached to an aromatic ring is 1. The Bertz CT molecular complexity index is 637. The highest BCUT2D eigenvalue weighted by atomic mass is 19.4. The van der Waals surface area contributed by atoms with Crippen molar-refractivity contribution in [1.82, 2.24) is 0 Å². The summed E-state index contributed by atoms with van der Waals surface area (Å²) in [6.45, 7) is 1.87. The Morgan fingerprint density at radius 3 is 2.19 bits per heavy atom. The largest absolute Gasteiger partial charge is 0.573 e. The van der Waals surface area contributed by atoms with E-state index < -0.39 is 6.36 Å². The number of benzene rings is 2. The molecule has 6 heteroatoms. The monoisotopic (exact) mass is 297 g/mol. The van der Waals surface area contributed by atoms with Crippen molar-refractivity contribution in [2.45, 2.75) is 13.3 Å². The zero-order chi connectivity index (χ0) is 15.6. The summed E-state index contributed by atoms with van der Waals surface area (Å²) >= 11 is 0. The topological polar surface area (TPSA) is 44.5 Å². The minimum atomic E-state index is -4.69. The van der Waals surface area contributed by atoms with E-state index in [1.807, 2.05) is 6.92 Å². The van der Waals surface area contributed by atoms with Crippen LogP contribution in [0.2, 0.25) is 0 Å². The quantitative estimate of drug-likeness (QED) is 0.865. The Hall–Kier alpha value is -2.37. The first-order chi connectivity index (χ1) is 9.80. The first-order valence-corrected chi connectivity index (χ1v) is 6.10. The Kier molecular flexibility index (Phi) is 3.97. The molecular weight excluding hydrogens is 283 g/mol. The molecule has 0 aliphatic carbocycles. The molecule has 0 aliphatic rings. The van der Waals surface area contributed by atoms with Gasteiger partial charge in [-0.25, -0.2) is 0 Å². The highest BCUT2D eigenvalue weighted by Crippen LogP contribution is 2.33. The molecule has 0 atom stereocenters. The average Bonchev–Trinajstić information content (AvgIpc) is 2.38. The maximum Gasteiger partial charge on any atom is 0.573 e. The lowest BCUT2D eigenvalue weighted by Gasteiger charge is -2.13. The molecule has 2 aromatic carbocycles. The van der Waals surface area contributed by atoms with Gasteiger partial charge in [-0.1, -0.05) is 12.1 Å². The third kappa shape index (κ3) is 3.59. The normalized spacial score (nSPS) is 11.3. The van der Waals surface area contributed by atoms with Crippen LogP contribution in [0, 0.1) is 6.92 Å². The summed E-state index contributed by atoms with van der Waals surface area (Å²) in [6.07, 6.45) is -4.69. The molecule has 0 heterocycles. The molecule has 112 valence electrons. The van der Waals surface area contributed by atoms with Gasteiger partial charge in [-0.3, -0.25) is 0 Å². The first-order valence-electron chi connectivity index (χ1n) is 6.10. The van der Waals surface area contributed by atoms with Crippen LogP contribution in [-0.4, -0.2) is 13.5 Å². The van der Waals surface area contributed by atoms with Gasteiger partial charge in [0.05, 0.1) is 12.8 Å². The number of alkyl halides is 3. The fourth-order valence-electron chi connectivity index (χ4n) is 2.03. The highest BCUT2D eigenvalue weighted by molar-refractivity contribution is 5.73. The molecule has 3 nitrogen and oxygen atoms in total. The molecule has 0 fully saturated rings. The molecule has 2 rings (SSSR count). The maximum atomic E-state index is 12.1. The minimum absolute atomic E-state index is 0.258. The molecule has 0 bridgehead atoms. The zero-order valence-corrected chi connectivity index (χ0v) is 11.5. The SMILES string of the molecule is COc1cc(-c2ccc(OC(F)(F)F)cc2)c(C)cc1N. The van der Waals surface area contributed by atoms with Crippen LogP contribution in [0.15, 0.2) is 36.4 Å². The lowest BCUT2D eigenvalue weighted by molar-refractivity contribution is -0.274. The molecule has 0 saturated heterocycles. The second-order valence-corrected chi connectivity index (χ2v) is 4.48. The average molecular weight is 297 g/mol. The predicted octanol–water partition coefficient (Wildman–Crippen LogP) is 4.15. The summed E-state index contributed by atoms with van der Waals surface area (Å²) in [4.78, 5) is 0. The fraction of sp³-hybridized carbons (Fsp3) is 0.200. The Labute approximate surface area is 120 Å². The van der Waals surface area contributed by atoms with Gasteiger partial charge in [0.15, 0.2) is 0 Å². The third-order valence-corrected chi connectivity index (χ3v) is 2.98. The van der Waals surface area contributed by atoms with Gasteiger partial charge in [-0.15, -0.1) is 13.2 Å². The van der Waals surface area contributed by atoms with Gasteiger partial charge in [0.25, 0.3) is 0 Å². The fourth-order valence-corrected chi connectivity index (χ4v) is 2.03. The number of nitrogens with two attached hydrogens (primary N) is 1. The van der Waals surface area contributed by atoms with Crippen LogP contribution < -0.4 is 15.2 Å². The standard InChI is InChI=1S/C15H14F3NO2/c1-9-7-13(19)14(20-2)8-12(9)10-3-5-11(6-4-10)21-15(16,17)18/h3-8H,19H2,1-2H3. The molecule has 0 radical (unpaired) electrons. The van der Waals surface area contributed by atoms with Crippen molar-refractivity contribution in [3.05, 3.63) is 42.0 Å². The molecule has 0 spiro atoms. The summed E-state index contributed by atoms with van der Waals surface area (Å²) in [6, 6.07) is 9.16. The third-order valence-electron chi connectivity index (χ3n) is 2.98. The molecule has 2 aromatic rings. The van der Waals surface area contributed by atoms with Crippen LogP contribution in [0.1, 0.15) is 5.56 Å². The van der Waals surface area contributed by atoms with E-state index in [1.165, 1.54) is 19.2 Å². The van der Waals surface area contributed by atoms with E-state index in [0.717, 1.165) is 16.7 Å². The summed E-state index contributed by atoms with van der Waals surface area (Å²) < 4.78 is 45.4. The van der Waals surface area contributed by atoms with Crippen LogP contribution >= 0.6 is 0 Å². The van der Waals surface area contributed by atoms with Gasteiger partial charge < -0.3 is 15.2 Å². The number of ether oxygens (including phenoxy) is 2. The van der Waals surface area contributed by atoms with Gasteiger partial charge >= 0.3 is 6.36 Å². The summed E-state index contributed by atoms with van der Waals surface area (Å²) in [5.41, 5.74) is 8.80. The van der Waals surface area contributed by atoms with E-state index >= 15 is 0 Å². The first kappa shape index (κ1) is 15.0. The van der Waals surface area contributed by atoms with Gasteiger partial charge in [0, 0.05) is 0 Å². The summed E-state index contributed by atoms with van der Waals surface area (Å²) in [5, 5.41) is 0. The Balaban J connectivity index is 2.35. The molecule has 0 amide bonds.